The van der Waals surface area contributed by atoms with Crippen LogP contribution in [-0.2, 0) is 20.7 Å². The number of hydrogen-bond donors (Lipinski definition) is 1. The second-order valence-corrected chi connectivity index (χ2v) is 9.81. The van der Waals surface area contributed by atoms with Crippen molar-refractivity contribution in [1.29, 1.82) is 0 Å². The fraction of sp³-hybridized carbons (Fsp3) is 0.407. The molecule has 2 atom stereocenters. The van der Waals surface area contributed by atoms with Crippen LogP contribution in [0.5, 0.6) is 11.5 Å². The van der Waals surface area contributed by atoms with Gasteiger partial charge in [0.2, 0.25) is 18.6 Å². The highest BCUT2D eigenvalue weighted by molar-refractivity contribution is 5.97. The molecule has 3 aromatic rings. The molecule has 9 nitrogen and oxygen atoms in total. The number of H-pyrrole nitrogens is 1. The molecule has 4 aliphatic heterocycles. The Bertz CT molecular complexity index is 1350. The lowest BCUT2D eigenvalue weighted by Gasteiger charge is -2.47. The number of para-hydroxylation sites is 1. The summed E-state index contributed by atoms with van der Waals surface area (Å²) < 4.78 is 16.6. The summed E-state index contributed by atoms with van der Waals surface area (Å²) in [6, 6.07) is 13.0. The lowest BCUT2D eigenvalue weighted by molar-refractivity contribution is -0.158. The van der Waals surface area contributed by atoms with E-state index in [0.29, 0.717) is 37.7 Å². The maximum absolute atomic E-state index is 13.8. The number of hydrogen-bond acceptors (Lipinski definition) is 6. The lowest BCUT2D eigenvalue weighted by atomic mass is 9.86. The number of carbonyl (C=O) groups is 2. The minimum absolute atomic E-state index is 0.0181. The number of fused-ring (bicyclic) bond motifs is 5. The third-order valence-corrected chi connectivity index (χ3v) is 7.84. The van der Waals surface area contributed by atoms with Gasteiger partial charge < -0.3 is 29.0 Å². The first kappa shape index (κ1) is 21.7. The highest BCUT2D eigenvalue weighted by Crippen LogP contribution is 2.44. The van der Waals surface area contributed by atoms with Gasteiger partial charge in [-0.15, -0.1) is 0 Å². The van der Waals surface area contributed by atoms with E-state index in [9.17, 15) is 9.59 Å². The molecule has 1 N–H and O–H groups in total. The fourth-order valence-electron chi connectivity index (χ4n) is 6.03. The Labute approximate surface area is 208 Å². The minimum Gasteiger partial charge on any atom is -0.454 e. The molecule has 9 heteroatoms. The number of piperazine rings is 1. The number of nitrogens with zero attached hydrogens (tertiary/aromatic N) is 3. The van der Waals surface area contributed by atoms with Crippen molar-refractivity contribution in [2.24, 2.45) is 0 Å². The topological polar surface area (TPSA) is 87.3 Å². The van der Waals surface area contributed by atoms with Crippen LogP contribution in [0.15, 0.2) is 42.5 Å². The van der Waals surface area contributed by atoms with Crippen LogP contribution in [0, 0.1) is 0 Å². The van der Waals surface area contributed by atoms with Crippen molar-refractivity contribution in [3.05, 3.63) is 59.3 Å². The molecular formula is C27H28N4O5. The van der Waals surface area contributed by atoms with Gasteiger partial charge in [-0.3, -0.25) is 14.5 Å². The molecule has 0 saturated carbocycles. The first-order chi connectivity index (χ1) is 17.7. The van der Waals surface area contributed by atoms with Crippen molar-refractivity contribution < 1.29 is 23.8 Å². The second-order valence-electron chi connectivity index (χ2n) is 9.81. The van der Waals surface area contributed by atoms with Crippen molar-refractivity contribution in [2.75, 3.05) is 52.7 Å². The molecule has 5 heterocycles. The molecule has 2 aromatic carbocycles. The zero-order chi connectivity index (χ0) is 24.2. The van der Waals surface area contributed by atoms with Gasteiger partial charge in [0, 0.05) is 49.2 Å². The van der Waals surface area contributed by atoms with Gasteiger partial charge in [-0.2, -0.15) is 0 Å². The van der Waals surface area contributed by atoms with Crippen molar-refractivity contribution in [2.45, 2.75) is 18.5 Å². The Kier molecular flexibility index (Phi) is 5.14. The molecule has 0 unspecified atom stereocenters. The molecule has 0 aliphatic carbocycles. The second kappa shape index (κ2) is 8.53. The van der Waals surface area contributed by atoms with Gasteiger partial charge in [0.1, 0.15) is 6.04 Å². The molecule has 7 rings (SSSR count). The number of carbonyl (C=O) groups excluding carboxylic acids is 2. The molecule has 186 valence electrons. The first-order valence-corrected chi connectivity index (χ1v) is 12.6. The zero-order valence-electron chi connectivity index (χ0n) is 19.9. The third kappa shape index (κ3) is 3.45. The van der Waals surface area contributed by atoms with Crippen molar-refractivity contribution in [3.63, 3.8) is 0 Å². The summed E-state index contributed by atoms with van der Waals surface area (Å²) in [6.45, 7) is 4.71. The Morgan fingerprint density at radius 3 is 2.69 bits per heavy atom. The largest absolute Gasteiger partial charge is 0.454 e. The van der Waals surface area contributed by atoms with Gasteiger partial charge in [-0.1, -0.05) is 24.3 Å². The van der Waals surface area contributed by atoms with Gasteiger partial charge in [0.15, 0.2) is 11.5 Å². The van der Waals surface area contributed by atoms with Crippen LogP contribution in [0.25, 0.3) is 10.9 Å². The Morgan fingerprint density at radius 1 is 0.972 bits per heavy atom. The summed E-state index contributed by atoms with van der Waals surface area (Å²) in [7, 11) is 0. The van der Waals surface area contributed by atoms with E-state index in [1.165, 1.54) is 0 Å². The average molecular weight is 489 g/mol. The first-order valence-electron chi connectivity index (χ1n) is 12.6. The number of aromatic nitrogens is 1. The molecule has 2 amide bonds. The average Bonchev–Trinajstić information content (AvgIpc) is 3.53. The summed E-state index contributed by atoms with van der Waals surface area (Å²) in [5.74, 6) is 1.34. The number of amides is 2. The van der Waals surface area contributed by atoms with E-state index in [1.807, 2.05) is 36.4 Å². The van der Waals surface area contributed by atoms with Gasteiger partial charge in [0.25, 0.3) is 0 Å². The molecule has 0 bridgehead atoms. The van der Waals surface area contributed by atoms with E-state index in [4.69, 9.17) is 14.2 Å². The van der Waals surface area contributed by atoms with E-state index in [2.05, 4.69) is 16.0 Å². The summed E-state index contributed by atoms with van der Waals surface area (Å²) in [6.07, 6.45) is 0.499. The molecule has 0 spiro atoms. The number of aromatic amines is 1. The van der Waals surface area contributed by atoms with Gasteiger partial charge in [-0.25, -0.2) is 0 Å². The normalized spacial score (nSPS) is 23.8. The molecular weight excluding hydrogens is 460 g/mol. The van der Waals surface area contributed by atoms with Crippen LogP contribution in [0.1, 0.15) is 22.9 Å². The van der Waals surface area contributed by atoms with Crippen LogP contribution in [0.4, 0.5) is 0 Å². The SMILES string of the molecule is O=C1[C@H]2Cc3c([nH]c4ccccc34)[C@@H](c3ccc4c(c3)OCO4)N2C(=O)CN1CCN1CCOCC1. The Hall–Kier alpha value is -3.56. The summed E-state index contributed by atoms with van der Waals surface area (Å²) in [5, 5.41) is 1.10. The van der Waals surface area contributed by atoms with Gasteiger partial charge >= 0.3 is 0 Å². The standard InChI is InChI=1S/C27H28N4O5/c32-24-15-30(8-7-29-9-11-34-12-10-29)27(33)21-14-19-18-3-1-2-4-20(18)28-25(19)26(31(21)24)17-5-6-22-23(13-17)36-16-35-22/h1-6,13,21,26,28H,7-12,14-16H2/t21-,26-/m1/s1. The fourth-order valence-corrected chi connectivity index (χ4v) is 6.03. The summed E-state index contributed by atoms with van der Waals surface area (Å²) >= 11 is 0. The molecule has 2 saturated heterocycles. The van der Waals surface area contributed by atoms with E-state index in [1.54, 1.807) is 9.80 Å². The predicted molar refractivity (Wildman–Crippen MR) is 131 cm³/mol. The third-order valence-electron chi connectivity index (χ3n) is 7.84. The number of ether oxygens (including phenoxy) is 3. The van der Waals surface area contributed by atoms with E-state index < -0.39 is 12.1 Å². The molecule has 2 fully saturated rings. The van der Waals surface area contributed by atoms with Crippen LogP contribution >= 0.6 is 0 Å². The van der Waals surface area contributed by atoms with Crippen molar-refractivity contribution in [1.82, 2.24) is 19.7 Å². The van der Waals surface area contributed by atoms with E-state index in [0.717, 1.165) is 47.4 Å². The maximum atomic E-state index is 13.8. The zero-order valence-corrected chi connectivity index (χ0v) is 19.9. The van der Waals surface area contributed by atoms with Gasteiger partial charge in [-0.05, 0) is 29.3 Å². The number of rotatable bonds is 4. The summed E-state index contributed by atoms with van der Waals surface area (Å²) in [4.78, 5) is 37.0. The van der Waals surface area contributed by atoms with Crippen LogP contribution in [-0.4, -0.2) is 90.3 Å². The quantitative estimate of drug-likeness (QED) is 0.604. The van der Waals surface area contributed by atoms with Crippen LogP contribution < -0.4 is 9.47 Å². The highest BCUT2D eigenvalue weighted by Gasteiger charge is 2.48. The summed E-state index contributed by atoms with van der Waals surface area (Å²) in [5.41, 5.74) is 3.98. The molecule has 1 aromatic heterocycles. The van der Waals surface area contributed by atoms with E-state index >= 15 is 0 Å². The predicted octanol–water partition coefficient (Wildman–Crippen LogP) is 1.91. The molecule has 4 aliphatic rings. The van der Waals surface area contributed by atoms with Crippen molar-refractivity contribution >= 4 is 22.7 Å². The Morgan fingerprint density at radius 2 is 1.81 bits per heavy atom. The lowest BCUT2D eigenvalue weighted by Crippen LogP contribution is -2.63. The number of morpholine rings is 1. The van der Waals surface area contributed by atoms with Crippen LogP contribution in [0.3, 0.4) is 0 Å². The van der Waals surface area contributed by atoms with Crippen molar-refractivity contribution in [3.8, 4) is 11.5 Å². The number of nitrogens with one attached hydrogen (secondary N) is 1. The highest BCUT2D eigenvalue weighted by atomic mass is 16.7. The maximum Gasteiger partial charge on any atom is 0.246 e. The monoisotopic (exact) mass is 488 g/mol. The molecule has 0 radical (unpaired) electrons. The minimum atomic E-state index is -0.543. The van der Waals surface area contributed by atoms with E-state index in [-0.39, 0.29) is 25.2 Å². The van der Waals surface area contributed by atoms with Crippen LogP contribution in [0.2, 0.25) is 0 Å². The van der Waals surface area contributed by atoms with Gasteiger partial charge in [0.05, 0.1) is 25.8 Å². The number of benzene rings is 2. The Balaban J connectivity index is 1.27. The molecule has 36 heavy (non-hydrogen) atoms. The smallest absolute Gasteiger partial charge is 0.246 e.